The molecule has 0 fully saturated rings. The Hall–Kier alpha value is -1.33. The number of aromatic nitrogens is 2. The third-order valence-electron chi connectivity index (χ3n) is 2.89. The fraction of sp³-hybridized carbons (Fsp3) is 0.385. The maximum Gasteiger partial charge on any atom is 0.262 e. The number of hydrogen-bond donors (Lipinski definition) is 1. The van der Waals surface area contributed by atoms with Crippen molar-refractivity contribution in [1.29, 1.82) is 0 Å². The summed E-state index contributed by atoms with van der Waals surface area (Å²) in [7, 11) is 1.94. The number of oxazole rings is 1. The quantitative estimate of drug-likeness (QED) is 0.918. The lowest BCUT2D eigenvalue weighted by atomic mass is 10.1. The first-order valence-electron chi connectivity index (χ1n) is 5.85. The van der Waals surface area contributed by atoms with E-state index in [0.29, 0.717) is 11.3 Å². The van der Waals surface area contributed by atoms with Crippen LogP contribution in [0.4, 0.5) is 0 Å². The molecule has 0 saturated carbocycles. The number of aryl methyl sites for hydroxylation is 2. The van der Waals surface area contributed by atoms with Crippen molar-refractivity contribution in [3.8, 4) is 0 Å². The molecule has 0 aliphatic rings. The zero-order chi connectivity index (χ0) is 13.1. The molecule has 5 heteroatoms. The lowest BCUT2D eigenvalue weighted by Gasteiger charge is -2.09. The number of hydrogen-bond acceptors (Lipinski definition) is 5. The molecule has 2 aromatic heterocycles. The van der Waals surface area contributed by atoms with Crippen LogP contribution in [0.5, 0.6) is 0 Å². The monoisotopic (exact) mass is 263 g/mol. The SMILES string of the molecule is CNC(C)c1ccc(Sc2nc(C)c(C)o2)nc1. The van der Waals surface area contributed by atoms with Crippen molar-refractivity contribution in [3.05, 3.63) is 35.3 Å². The van der Waals surface area contributed by atoms with Gasteiger partial charge in [0.15, 0.2) is 0 Å². The van der Waals surface area contributed by atoms with Crippen LogP contribution in [0.2, 0.25) is 0 Å². The van der Waals surface area contributed by atoms with Gasteiger partial charge in [0.25, 0.3) is 5.22 Å². The van der Waals surface area contributed by atoms with Crippen LogP contribution in [0.15, 0.2) is 33.0 Å². The molecule has 0 saturated heterocycles. The normalized spacial score (nSPS) is 12.7. The van der Waals surface area contributed by atoms with E-state index in [9.17, 15) is 0 Å². The zero-order valence-corrected chi connectivity index (χ0v) is 11.8. The van der Waals surface area contributed by atoms with Gasteiger partial charge < -0.3 is 9.73 Å². The summed E-state index contributed by atoms with van der Waals surface area (Å²) in [4.78, 5) is 8.73. The van der Waals surface area contributed by atoms with E-state index in [1.54, 1.807) is 0 Å². The Morgan fingerprint density at radius 2 is 2.11 bits per heavy atom. The minimum Gasteiger partial charge on any atom is -0.436 e. The van der Waals surface area contributed by atoms with E-state index < -0.39 is 0 Å². The van der Waals surface area contributed by atoms with Crippen LogP contribution < -0.4 is 5.32 Å². The molecule has 0 aromatic carbocycles. The molecule has 0 aliphatic carbocycles. The smallest absolute Gasteiger partial charge is 0.262 e. The topological polar surface area (TPSA) is 51.0 Å². The Balaban J connectivity index is 2.10. The molecule has 1 unspecified atom stereocenters. The Kier molecular flexibility index (Phi) is 4.04. The Morgan fingerprint density at radius 1 is 1.33 bits per heavy atom. The van der Waals surface area contributed by atoms with E-state index in [1.165, 1.54) is 17.3 Å². The molecule has 2 aromatic rings. The molecule has 4 nitrogen and oxygen atoms in total. The second kappa shape index (κ2) is 5.54. The van der Waals surface area contributed by atoms with Crippen molar-refractivity contribution < 1.29 is 4.42 Å². The highest BCUT2D eigenvalue weighted by molar-refractivity contribution is 7.99. The lowest BCUT2D eigenvalue weighted by molar-refractivity contribution is 0.431. The van der Waals surface area contributed by atoms with Crippen LogP contribution in [0, 0.1) is 13.8 Å². The molecule has 0 aliphatic heterocycles. The van der Waals surface area contributed by atoms with E-state index >= 15 is 0 Å². The molecule has 2 rings (SSSR count). The molecule has 0 amide bonds. The first-order valence-corrected chi connectivity index (χ1v) is 6.67. The summed E-state index contributed by atoms with van der Waals surface area (Å²) in [5, 5.41) is 4.72. The second-order valence-electron chi connectivity index (χ2n) is 4.16. The fourth-order valence-electron chi connectivity index (χ4n) is 1.45. The Bertz CT molecular complexity index is 502. The summed E-state index contributed by atoms with van der Waals surface area (Å²) in [6.07, 6.45) is 1.88. The number of nitrogens with zero attached hydrogens (tertiary/aromatic N) is 2. The molecule has 0 radical (unpaired) electrons. The van der Waals surface area contributed by atoms with Crippen molar-refractivity contribution in [1.82, 2.24) is 15.3 Å². The van der Waals surface area contributed by atoms with Crippen molar-refractivity contribution in [2.45, 2.75) is 37.1 Å². The highest BCUT2D eigenvalue weighted by atomic mass is 32.2. The van der Waals surface area contributed by atoms with Gasteiger partial charge in [-0.3, -0.25) is 0 Å². The number of pyridine rings is 1. The Morgan fingerprint density at radius 3 is 2.61 bits per heavy atom. The predicted molar refractivity (Wildman–Crippen MR) is 71.8 cm³/mol. The number of nitrogens with one attached hydrogen (secondary N) is 1. The molecule has 0 bridgehead atoms. The van der Waals surface area contributed by atoms with Gasteiger partial charge in [-0.2, -0.15) is 0 Å². The molecule has 96 valence electrons. The minimum absolute atomic E-state index is 0.308. The highest BCUT2D eigenvalue weighted by Gasteiger charge is 2.09. The van der Waals surface area contributed by atoms with Gasteiger partial charge >= 0.3 is 0 Å². The first-order chi connectivity index (χ1) is 8.60. The molecule has 1 N–H and O–H groups in total. The van der Waals surface area contributed by atoms with Crippen LogP contribution in [0.1, 0.15) is 30.0 Å². The van der Waals surface area contributed by atoms with Crippen LogP contribution in [0.25, 0.3) is 0 Å². The predicted octanol–water partition coefficient (Wildman–Crippen LogP) is 3.12. The summed E-state index contributed by atoms with van der Waals surface area (Å²) in [6.45, 7) is 5.95. The van der Waals surface area contributed by atoms with Gasteiger partial charge in [0.1, 0.15) is 10.8 Å². The minimum atomic E-state index is 0.308. The molecule has 18 heavy (non-hydrogen) atoms. The van der Waals surface area contributed by atoms with Gasteiger partial charge in [0.2, 0.25) is 0 Å². The largest absolute Gasteiger partial charge is 0.436 e. The first kappa shape index (κ1) is 13.1. The molecule has 0 spiro atoms. The van der Waals surface area contributed by atoms with Crippen LogP contribution in [-0.2, 0) is 0 Å². The molecule has 2 heterocycles. The van der Waals surface area contributed by atoms with E-state index in [1.807, 2.05) is 33.2 Å². The van der Waals surface area contributed by atoms with Gasteiger partial charge in [-0.1, -0.05) is 6.07 Å². The van der Waals surface area contributed by atoms with E-state index in [2.05, 4.69) is 28.3 Å². The molecular weight excluding hydrogens is 246 g/mol. The summed E-state index contributed by atoms with van der Waals surface area (Å²) in [6, 6.07) is 4.37. The lowest BCUT2D eigenvalue weighted by Crippen LogP contribution is -2.12. The van der Waals surface area contributed by atoms with Crippen LogP contribution in [0.3, 0.4) is 0 Å². The van der Waals surface area contributed by atoms with Crippen molar-refractivity contribution in [2.24, 2.45) is 0 Å². The summed E-state index contributed by atoms with van der Waals surface area (Å²) in [5.41, 5.74) is 2.10. The second-order valence-corrected chi connectivity index (χ2v) is 5.14. The van der Waals surface area contributed by atoms with Crippen LogP contribution >= 0.6 is 11.8 Å². The molecule has 1 atom stereocenters. The van der Waals surface area contributed by atoms with Gasteiger partial charge in [0, 0.05) is 12.2 Å². The maximum atomic E-state index is 5.52. The van der Waals surface area contributed by atoms with Gasteiger partial charge in [-0.05, 0) is 51.2 Å². The van der Waals surface area contributed by atoms with E-state index in [0.717, 1.165) is 16.5 Å². The van der Waals surface area contributed by atoms with Crippen molar-refractivity contribution in [3.63, 3.8) is 0 Å². The van der Waals surface area contributed by atoms with Gasteiger partial charge in [0.05, 0.1) is 5.69 Å². The third-order valence-corrected chi connectivity index (χ3v) is 3.69. The fourth-order valence-corrected chi connectivity index (χ4v) is 2.22. The average molecular weight is 263 g/mol. The summed E-state index contributed by atoms with van der Waals surface area (Å²) >= 11 is 1.44. The Labute approximate surface area is 111 Å². The third kappa shape index (κ3) is 2.91. The van der Waals surface area contributed by atoms with Gasteiger partial charge in [-0.25, -0.2) is 9.97 Å². The van der Waals surface area contributed by atoms with Crippen molar-refractivity contribution in [2.75, 3.05) is 7.05 Å². The summed E-state index contributed by atoms with van der Waals surface area (Å²) < 4.78 is 5.52. The average Bonchev–Trinajstić information content (AvgIpc) is 2.68. The standard InChI is InChI=1S/C13H17N3OS/c1-8-10(3)17-13(16-8)18-12-6-5-11(7-15-12)9(2)14-4/h5-7,9,14H,1-4H3. The van der Waals surface area contributed by atoms with Gasteiger partial charge in [-0.15, -0.1) is 0 Å². The number of rotatable bonds is 4. The maximum absolute atomic E-state index is 5.52. The summed E-state index contributed by atoms with van der Waals surface area (Å²) in [5.74, 6) is 0.859. The molecular formula is C13H17N3OS. The zero-order valence-electron chi connectivity index (χ0n) is 11.0. The van der Waals surface area contributed by atoms with Crippen molar-refractivity contribution >= 4 is 11.8 Å². The van der Waals surface area contributed by atoms with E-state index in [4.69, 9.17) is 4.42 Å². The highest BCUT2D eigenvalue weighted by Crippen LogP contribution is 2.27. The van der Waals surface area contributed by atoms with Crippen LogP contribution in [-0.4, -0.2) is 17.0 Å². The van der Waals surface area contributed by atoms with E-state index in [-0.39, 0.29) is 0 Å².